The number of carbonyl (C=O) groups excluding carboxylic acids is 2. The highest BCUT2D eigenvalue weighted by molar-refractivity contribution is 9.10. The van der Waals surface area contributed by atoms with Crippen LogP contribution in [0.1, 0.15) is 43.2 Å². The summed E-state index contributed by atoms with van der Waals surface area (Å²) in [5.41, 5.74) is 6.62. The van der Waals surface area contributed by atoms with E-state index in [0.717, 1.165) is 34.9 Å². The van der Waals surface area contributed by atoms with Crippen molar-refractivity contribution in [3.63, 3.8) is 0 Å². The lowest BCUT2D eigenvalue weighted by molar-refractivity contribution is -0.153. The summed E-state index contributed by atoms with van der Waals surface area (Å²) >= 11 is 3.43. The van der Waals surface area contributed by atoms with Gasteiger partial charge in [0.05, 0.1) is 13.5 Å². The maximum atomic E-state index is 12.7. The van der Waals surface area contributed by atoms with Crippen molar-refractivity contribution >= 4 is 27.8 Å². The molecule has 0 aromatic heterocycles. The molecule has 150 valence electrons. The normalized spacial score (nSPS) is 22.3. The summed E-state index contributed by atoms with van der Waals surface area (Å²) in [6.07, 6.45) is 4.05. The number of benzene rings is 1. The van der Waals surface area contributed by atoms with Gasteiger partial charge in [0.2, 0.25) is 5.91 Å². The second kappa shape index (κ2) is 10.2. The van der Waals surface area contributed by atoms with Crippen molar-refractivity contribution < 1.29 is 19.1 Å². The van der Waals surface area contributed by atoms with Crippen molar-refractivity contribution in [3.8, 4) is 0 Å². The van der Waals surface area contributed by atoms with Crippen LogP contribution in [0.15, 0.2) is 22.7 Å². The first-order valence-corrected chi connectivity index (χ1v) is 10.1. The molecule has 1 fully saturated rings. The molecular weight excluding hydrogens is 412 g/mol. The van der Waals surface area contributed by atoms with E-state index < -0.39 is 5.54 Å². The van der Waals surface area contributed by atoms with E-state index in [9.17, 15) is 9.59 Å². The number of hydrogen-bond acceptors (Lipinski definition) is 5. The summed E-state index contributed by atoms with van der Waals surface area (Å²) < 4.78 is 11.1. The number of esters is 1. The Hall–Kier alpha value is -1.44. The van der Waals surface area contributed by atoms with Gasteiger partial charge in [0.15, 0.2) is 0 Å². The van der Waals surface area contributed by atoms with Crippen molar-refractivity contribution in [2.75, 3.05) is 20.8 Å². The van der Waals surface area contributed by atoms with Crippen LogP contribution in [0.25, 0.3) is 0 Å². The van der Waals surface area contributed by atoms with Gasteiger partial charge in [-0.15, -0.1) is 0 Å². The number of rotatable bonds is 8. The third-order valence-corrected chi connectivity index (χ3v) is 5.88. The maximum Gasteiger partial charge on any atom is 0.331 e. The molecule has 0 radical (unpaired) electrons. The third-order valence-electron chi connectivity index (χ3n) is 5.38. The van der Waals surface area contributed by atoms with E-state index in [2.05, 4.69) is 21.2 Å². The van der Waals surface area contributed by atoms with Crippen LogP contribution >= 0.6 is 15.9 Å². The van der Waals surface area contributed by atoms with Gasteiger partial charge in [-0.05, 0) is 61.3 Å². The predicted molar refractivity (Wildman–Crippen MR) is 107 cm³/mol. The highest BCUT2D eigenvalue weighted by Gasteiger charge is 2.44. The summed E-state index contributed by atoms with van der Waals surface area (Å²) in [5.74, 6) is -0.0496. The van der Waals surface area contributed by atoms with Gasteiger partial charge in [-0.2, -0.15) is 0 Å². The largest absolute Gasteiger partial charge is 0.467 e. The maximum absolute atomic E-state index is 12.7. The van der Waals surface area contributed by atoms with Crippen molar-refractivity contribution in [2.24, 2.45) is 11.7 Å². The van der Waals surface area contributed by atoms with Crippen LogP contribution in [0.5, 0.6) is 0 Å². The van der Waals surface area contributed by atoms with Gasteiger partial charge in [-0.1, -0.05) is 22.0 Å². The highest BCUT2D eigenvalue weighted by atomic mass is 79.9. The molecule has 7 heteroatoms. The predicted octanol–water partition coefficient (Wildman–Crippen LogP) is 2.71. The Morgan fingerprint density at radius 3 is 2.56 bits per heavy atom. The van der Waals surface area contributed by atoms with Crippen LogP contribution < -0.4 is 11.1 Å². The molecule has 1 aromatic rings. The lowest BCUT2D eigenvalue weighted by Crippen LogP contribution is -2.57. The molecule has 27 heavy (non-hydrogen) atoms. The average molecular weight is 441 g/mol. The molecule has 3 N–H and O–H groups in total. The number of carbonyl (C=O) groups is 2. The van der Waals surface area contributed by atoms with Crippen LogP contribution in [-0.4, -0.2) is 38.2 Å². The summed E-state index contributed by atoms with van der Waals surface area (Å²) in [6.45, 7) is 1.08. The lowest BCUT2D eigenvalue weighted by atomic mass is 9.75. The minimum atomic E-state index is -0.940. The zero-order chi connectivity index (χ0) is 19.9. The molecule has 0 heterocycles. The molecule has 0 aliphatic heterocycles. The number of methoxy groups -OCH3 is 2. The van der Waals surface area contributed by atoms with Crippen LogP contribution in [0.2, 0.25) is 0 Å². The minimum absolute atomic E-state index is 0.178. The minimum Gasteiger partial charge on any atom is -0.467 e. The molecule has 0 bridgehead atoms. The molecule has 1 amide bonds. The van der Waals surface area contributed by atoms with Gasteiger partial charge in [-0.3, -0.25) is 4.79 Å². The molecule has 1 aliphatic rings. The Kier molecular flexibility index (Phi) is 8.26. The lowest BCUT2D eigenvalue weighted by Gasteiger charge is -2.38. The molecule has 0 saturated heterocycles. The van der Waals surface area contributed by atoms with E-state index in [1.54, 1.807) is 7.11 Å². The molecule has 0 spiro atoms. The van der Waals surface area contributed by atoms with E-state index in [-0.39, 0.29) is 18.3 Å². The average Bonchev–Trinajstić information content (AvgIpc) is 2.67. The molecular formula is C20H29BrN2O4. The fourth-order valence-corrected chi connectivity index (χ4v) is 4.17. The molecule has 1 aliphatic carbocycles. The fraction of sp³-hybridized carbons (Fsp3) is 0.600. The second-order valence-corrected chi connectivity index (χ2v) is 8.06. The molecule has 1 aromatic carbocycles. The van der Waals surface area contributed by atoms with Crippen LogP contribution in [0, 0.1) is 5.92 Å². The zero-order valence-corrected chi connectivity index (χ0v) is 17.6. The summed E-state index contributed by atoms with van der Waals surface area (Å²) in [6, 6.07) is 5.71. The van der Waals surface area contributed by atoms with Crippen LogP contribution in [-0.2, 0) is 32.0 Å². The second-order valence-electron chi connectivity index (χ2n) is 7.14. The third kappa shape index (κ3) is 5.77. The first kappa shape index (κ1) is 21.9. The number of hydrogen-bond donors (Lipinski definition) is 2. The Labute approximate surface area is 169 Å². The van der Waals surface area contributed by atoms with Crippen molar-refractivity contribution in [2.45, 2.75) is 50.6 Å². The fourth-order valence-electron chi connectivity index (χ4n) is 3.76. The number of nitrogens with two attached hydrogens (primary N) is 1. The SMILES string of the molecule is COCCC1CCC(NC(=O)Cc2cc(Br)ccc2CN)(C(=O)OC)CC1. The van der Waals surface area contributed by atoms with Gasteiger partial charge in [0, 0.05) is 24.7 Å². The number of halogens is 1. The molecule has 6 nitrogen and oxygen atoms in total. The zero-order valence-electron chi connectivity index (χ0n) is 16.1. The Morgan fingerprint density at radius 1 is 1.26 bits per heavy atom. The summed E-state index contributed by atoms with van der Waals surface area (Å²) in [4.78, 5) is 25.2. The van der Waals surface area contributed by atoms with E-state index in [4.69, 9.17) is 15.2 Å². The van der Waals surface area contributed by atoms with Crippen LogP contribution in [0.4, 0.5) is 0 Å². The number of amides is 1. The Balaban J connectivity index is 2.07. The monoisotopic (exact) mass is 440 g/mol. The van der Waals surface area contributed by atoms with Gasteiger partial charge in [0.25, 0.3) is 0 Å². The number of ether oxygens (including phenoxy) is 2. The first-order chi connectivity index (χ1) is 12.9. The molecule has 0 unspecified atom stereocenters. The van der Waals surface area contributed by atoms with Crippen LogP contribution in [0.3, 0.4) is 0 Å². The van der Waals surface area contributed by atoms with Gasteiger partial charge >= 0.3 is 5.97 Å². The Morgan fingerprint density at radius 2 is 1.96 bits per heavy atom. The van der Waals surface area contributed by atoms with E-state index >= 15 is 0 Å². The first-order valence-electron chi connectivity index (χ1n) is 9.30. The number of nitrogens with one attached hydrogen (secondary N) is 1. The van der Waals surface area contributed by atoms with Gasteiger partial charge < -0.3 is 20.5 Å². The summed E-state index contributed by atoms with van der Waals surface area (Å²) in [5, 5.41) is 2.98. The van der Waals surface area contributed by atoms with Crippen molar-refractivity contribution in [1.82, 2.24) is 5.32 Å². The van der Waals surface area contributed by atoms with Gasteiger partial charge in [-0.25, -0.2) is 4.79 Å². The topological polar surface area (TPSA) is 90.6 Å². The highest BCUT2D eigenvalue weighted by Crippen LogP contribution is 2.35. The molecule has 2 rings (SSSR count). The van der Waals surface area contributed by atoms with Crippen molar-refractivity contribution in [3.05, 3.63) is 33.8 Å². The van der Waals surface area contributed by atoms with E-state index in [1.807, 2.05) is 18.2 Å². The molecule has 1 saturated carbocycles. The summed E-state index contributed by atoms with van der Waals surface area (Å²) in [7, 11) is 3.06. The standard InChI is InChI=1S/C20H29BrN2O4/c1-26-10-7-14-5-8-20(9-6-14,19(25)27-2)23-18(24)12-16-11-17(21)4-3-15(16)13-22/h3-4,11,14H,5-10,12-13,22H2,1-2H3,(H,23,24). The quantitative estimate of drug-likeness (QED) is 0.606. The van der Waals surface area contributed by atoms with E-state index in [1.165, 1.54) is 7.11 Å². The Bertz CT molecular complexity index is 657. The van der Waals surface area contributed by atoms with Gasteiger partial charge in [0.1, 0.15) is 5.54 Å². The smallest absolute Gasteiger partial charge is 0.331 e. The molecule has 0 atom stereocenters. The van der Waals surface area contributed by atoms with Crippen molar-refractivity contribution in [1.29, 1.82) is 0 Å². The van der Waals surface area contributed by atoms with E-state index in [0.29, 0.717) is 31.9 Å².